The Kier molecular flexibility index (Phi) is 4.09. The normalized spacial score (nSPS) is 17.2. The molecule has 0 saturated carbocycles. The summed E-state index contributed by atoms with van der Waals surface area (Å²) in [4.78, 5) is 8.03. The number of nitrogens with one attached hydrogen (secondary N) is 1. The number of hydrogen-bond donors (Lipinski definition) is 2. The van der Waals surface area contributed by atoms with Crippen molar-refractivity contribution in [1.82, 2.24) is 19.7 Å². The molecule has 4 aromatic rings. The number of nitrogens with zero attached hydrogens (tertiary/aromatic N) is 3. The first-order chi connectivity index (χ1) is 13.7. The van der Waals surface area contributed by atoms with Crippen LogP contribution in [0.1, 0.15) is 25.5 Å². The Morgan fingerprint density at radius 1 is 1.18 bits per heavy atom. The number of imidazole rings is 1. The van der Waals surface area contributed by atoms with E-state index in [0.29, 0.717) is 17.2 Å². The largest absolute Gasteiger partial charge is 0.396 e. The van der Waals surface area contributed by atoms with Crippen molar-refractivity contribution in [2.75, 3.05) is 12.3 Å². The highest BCUT2D eigenvalue weighted by molar-refractivity contribution is 5.94. The Morgan fingerprint density at radius 3 is 2.89 bits per heavy atom. The van der Waals surface area contributed by atoms with Gasteiger partial charge in [0.15, 0.2) is 11.5 Å². The zero-order valence-electron chi connectivity index (χ0n) is 15.2. The Labute approximate surface area is 161 Å². The maximum Gasteiger partial charge on any atom is 0.161 e. The molecule has 0 radical (unpaired) electrons. The smallest absolute Gasteiger partial charge is 0.161 e. The monoisotopic (exact) mass is 377 g/mol. The van der Waals surface area contributed by atoms with E-state index < -0.39 is 0 Å². The molecule has 3 heterocycles. The summed E-state index contributed by atoms with van der Waals surface area (Å²) in [5.74, 6) is 0.312. The van der Waals surface area contributed by atoms with Gasteiger partial charge < -0.3 is 15.5 Å². The lowest BCUT2D eigenvalue weighted by atomic mass is 10.0. The number of rotatable bonds is 3. The van der Waals surface area contributed by atoms with Crippen molar-refractivity contribution in [3.05, 3.63) is 54.5 Å². The lowest BCUT2D eigenvalue weighted by Crippen LogP contribution is -2.18. The molecule has 1 aliphatic rings. The van der Waals surface area contributed by atoms with Gasteiger partial charge in [-0.05, 0) is 43.0 Å². The summed E-state index contributed by atoms with van der Waals surface area (Å²) < 4.78 is 21.3. The van der Waals surface area contributed by atoms with Gasteiger partial charge in [0.2, 0.25) is 0 Å². The van der Waals surface area contributed by atoms with Crippen LogP contribution in [-0.2, 0) is 4.74 Å². The maximum atomic E-state index is 13.7. The second-order valence-corrected chi connectivity index (χ2v) is 7.03. The lowest BCUT2D eigenvalue weighted by molar-refractivity contribution is -0.0393. The molecule has 1 atom stereocenters. The van der Waals surface area contributed by atoms with Crippen LogP contribution in [0.25, 0.3) is 33.7 Å². The van der Waals surface area contributed by atoms with Gasteiger partial charge in [-0.3, -0.25) is 0 Å². The molecule has 1 unspecified atom stereocenters. The van der Waals surface area contributed by atoms with Gasteiger partial charge in [-0.25, -0.2) is 14.1 Å². The summed E-state index contributed by atoms with van der Waals surface area (Å²) in [5.41, 5.74) is 10.6. The molecule has 0 amide bonds. The second kappa shape index (κ2) is 6.76. The molecule has 2 aromatic heterocycles. The van der Waals surface area contributed by atoms with Crippen molar-refractivity contribution < 1.29 is 9.13 Å². The molecule has 1 fully saturated rings. The number of ether oxygens (including phenoxy) is 1. The van der Waals surface area contributed by atoms with Crippen LogP contribution in [0.4, 0.5) is 10.1 Å². The van der Waals surface area contributed by atoms with Crippen molar-refractivity contribution in [2.24, 2.45) is 0 Å². The second-order valence-electron chi connectivity index (χ2n) is 7.03. The minimum Gasteiger partial charge on any atom is -0.396 e. The van der Waals surface area contributed by atoms with Gasteiger partial charge in [-0.2, -0.15) is 5.10 Å². The molecule has 6 nitrogen and oxygen atoms in total. The third-order valence-corrected chi connectivity index (χ3v) is 5.08. The van der Waals surface area contributed by atoms with Crippen molar-refractivity contribution >= 4 is 16.7 Å². The molecular formula is C21H20FN5O. The summed E-state index contributed by atoms with van der Waals surface area (Å²) in [5, 5.41) is 4.63. The van der Waals surface area contributed by atoms with Crippen LogP contribution in [0.15, 0.2) is 48.7 Å². The molecule has 2 aromatic carbocycles. The number of hydrogen-bond acceptors (Lipinski definition) is 4. The molecule has 5 rings (SSSR count). The van der Waals surface area contributed by atoms with E-state index in [9.17, 15) is 4.39 Å². The van der Waals surface area contributed by atoms with E-state index >= 15 is 0 Å². The molecule has 0 bridgehead atoms. The number of fused-ring (bicyclic) bond motifs is 1. The van der Waals surface area contributed by atoms with Crippen LogP contribution >= 0.6 is 0 Å². The number of aromatic nitrogens is 4. The van der Waals surface area contributed by atoms with Gasteiger partial charge in [0.05, 0.1) is 22.9 Å². The topological polar surface area (TPSA) is 81.8 Å². The number of para-hydroxylation sites is 1. The molecule has 7 heteroatoms. The SMILES string of the molecule is Nc1cn(C2CCCCO2)nc1-c1nc2c(-c3cccc(F)c3)cccc2[nH]1. The number of nitrogens with two attached hydrogens (primary N) is 1. The zero-order valence-corrected chi connectivity index (χ0v) is 15.2. The van der Waals surface area contributed by atoms with Crippen molar-refractivity contribution in [2.45, 2.75) is 25.5 Å². The van der Waals surface area contributed by atoms with E-state index in [1.165, 1.54) is 12.1 Å². The number of anilines is 1. The fourth-order valence-corrected chi connectivity index (χ4v) is 3.70. The quantitative estimate of drug-likeness (QED) is 0.550. The van der Waals surface area contributed by atoms with Crippen molar-refractivity contribution in [3.63, 3.8) is 0 Å². The summed E-state index contributed by atoms with van der Waals surface area (Å²) in [6.07, 6.45) is 4.82. The minimum atomic E-state index is -0.277. The molecule has 1 saturated heterocycles. The highest BCUT2D eigenvalue weighted by Crippen LogP contribution is 2.32. The fourth-order valence-electron chi connectivity index (χ4n) is 3.70. The number of H-pyrrole nitrogens is 1. The summed E-state index contributed by atoms with van der Waals surface area (Å²) in [7, 11) is 0. The Hall–Kier alpha value is -3.19. The van der Waals surface area contributed by atoms with E-state index in [4.69, 9.17) is 15.5 Å². The van der Waals surface area contributed by atoms with Crippen LogP contribution < -0.4 is 5.73 Å². The van der Waals surface area contributed by atoms with Crippen LogP contribution in [0.3, 0.4) is 0 Å². The summed E-state index contributed by atoms with van der Waals surface area (Å²) in [6.45, 7) is 0.737. The van der Waals surface area contributed by atoms with Crippen LogP contribution in [-0.4, -0.2) is 26.4 Å². The predicted molar refractivity (Wildman–Crippen MR) is 106 cm³/mol. The van der Waals surface area contributed by atoms with Gasteiger partial charge in [0, 0.05) is 12.2 Å². The van der Waals surface area contributed by atoms with Crippen LogP contribution in [0.5, 0.6) is 0 Å². The molecule has 3 N–H and O–H groups in total. The van der Waals surface area contributed by atoms with Gasteiger partial charge in [0.1, 0.15) is 12.0 Å². The molecule has 0 aliphatic carbocycles. The predicted octanol–water partition coefficient (Wildman–Crippen LogP) is 4.51. The first-order valence-electron chi connectivity index (χ1n) is 9.40. The van der Waals surface area contributed by atoms with Crippen molar-refractivity contribution in [1.29, 1.82) is 0 Å². The lowest BCUT2D eigenvalue weighted by Gasteiger charge is -2.22. The zero-order chi connectivity index (χ0) is 19.1. The maximum absolute atomic E-state index is 13.7. The van der Waals surface area contributed by atoms with E-state index in [-0.39, 0.29) is 12.0 Å². The molecule has 28 heavy (non-hydrogen) atoms. The molecule has 0 spiro atoms. The molecular weight excluding hydrogens is 357 g/mol. The van der Waals surface area contributed by atoms with Gasteiger partial charge in [-0.1, -0.05) is 24.3 Å². The Balaban J connectivity index is 1.57. The van der Waals surface area contributed by atoms with Crippen LogP contribution in [0, 0.1) is 5.82 Å². The third kappa shape index (κ3) is 2.93. The molecule has 1 aliphatic heterocycles. The average Bonchev–Trinajstić information content (AvgIpc) is 3.31. The number of nitrogen functional groups attached to an aromatic ring is 1. The summed E-state index contributed by atoms with van der Waals surface area (Å²) in [6, 6.07) is 12.3. The first-order valence-corrected chi connectivity index (χ1v) is 9.40. The third-order valence-electron chi connectivity index (χ3n) is 5.08. The van der Waals surface area contributed by atoms with E-state index in [2.05, 4.69) is 10.1 Å². The van der Waals surface area contributed by atoms with Gasteiger partial charge >= 0.3 is 0 Å². The van der Waals surface area contributed by atoms with E-state index in [1.54, 1.807) is 16.9 Å². The van der Waals surface area contributed by atoms with Gasteiger partial charge in [0.25, 0.3) is 0 Å². The van der Waals surface area contributed by atoms with Gasteiger partial charge in [-0.15, -0.1) is 0 Å². The Bertz CT molecular complexity index is 1140. The average molecular weight is 377 g/mol. The summed E-state index contributed by atoms with van der Waals surface area (Å²) >= 11 is 0. The standard InChI is InChI=1S/C21H20FN5O/c22-14-6-3-5-13(11-14)15-7-4-8-17-19(15)25-21(24-17)20-16(23)12-27(26-20)18-9-1-2-10-28-18/h3-8,11-12,18H,1-2,9-10,23H2,(H,24,25). The number of benzene rings is 2. The van der Waals surface area contributed by atoms with Crippen LogP contribution in [0.2, 0.25) is 0 Å². The highest BCUT2D eigenvalue weighted by atomic mass is 19.1. The minimum absolute atomic E-state index is 0.0861. The number of halogens is 1. The van der Waals surface area contributed by atoms with Crippen molar-refractivity contribution in [3.8, 4) is 22.6 Å². The Morgan fingerprint density at radius 2 is 2.07 bits per heavy atom. The highest BCUT2D eigenvalue weighted by Gasteiger charge is 2.21. The van der Waals surface area contributed by atoms with E-state index in [1.807, 2.05) is 24.3 Å². The molecule has 142 valence electrons. The van der Waals surface area contributed by atoms with E-state index in [0.717, 1.165) is 48.0 Å². The first kappa shape index (κ1) is 16.9. The fraction of sp³-hybridized carbons (Fsp3) is 0.238. The number of aromatic amines is 1.